The molecule has 0 unspecified atom stereocenters. The van der Waals surface area contributed by atoms with Gasteiger partial charge in [-0.3, -0.25) is 6.08 Å². The standard InChI is InChI=1S/C17H17.C13H10.C8H13Si.Zr/c1-3-12-5-7-16-14(9-12)11-15-10-13(4-2)6-8-17(15)16;1-3-7-12(8-4-1)11-13-9-5-2-6-10-13;1-9(2,3)8-6-4-5-7-8;/h5-11H,3-4H2,1-2H3;1-10H;6-7H,4H2,1-3H3;/q-1;;-1;+2. The maximum atomic E-state index is 3.20. The van der Waals surface area contributed by atoms with Crippen molar-refractivity contribution in [2.45, 2.75) is 52.8 Å². The van der Waals surface area contributed by atoms with E-state index in [4.69, 9.17) is 0 Å². The van der Waals surface area contributed by atoms with Crippen LogP contribution in [0.3, 0.4) is 0 Å². The van der Waals surface area contributed by atoms with Crippen LogP contribution in [-0.4, -0.2) is 11.3 Å². The Labute approximate surface area is 257 Å². The van der Waals surface area contributed by atoms with Gasteiger partial charge in [0.15, 0.2) is 0 Å². The molecule has 0 radical (unpaired) electrons. The van der Waals surface area contributed by atoms with Gasteiger partial charge in [-0.1, -0.05) is 68.9 Å². The van der Waals surface area contributed by atoms with Crippen molar-refractivity contribution in [2.75, 3.05) is 0 Å². The summed E-state index contributed by atoms with van der Waals surface area (Å²) in [6.07, 6.45) is 10.9. The van der Waals surface area contributed by atoms with Crippen LogP contribution in [0.25, 0.3) is 21.5 Å². The molecule has 0 spiro atoms. The number of hydrogen-bond acceptors (Lipinski definition) is 0. The molecule has 0 bridgehead atoms. The molecule has 1 aliphatic rings. The molecule has 1 aliphatic carbocycles. The average Bonchev–Trinajstić information content (AvgIpc) is 3.66. The van der Waals surface area contributed by atoms with Crippen molar-refractivity contribution in [1.29, 1.82) is 0 Å². The number of aryl methyl sites for hydroxylation is 2. The van der Waals surface area contributed by atoms with Crippen LogP contribution >= 0.6 is 0 Å². The SMILES string of the molecule is CCc1ccc2c(c1)[cH-]c1cc(CC)ccc12.C[Si](C)(C)C1=CC[C-]=C1.[Zr+2]=[C](c1ccccc1)c1ccccc1. The van der Waals surface area contributed by atoms with Crippen molar-refractivity contribution >= 4 is 32.8 Å². The average molecular weight is 616 g/mol. The van der Waals surface area contributed by atoms with Crippen molar-refractivity contribution < 1.29 is 24.2 Å². The molecule has 0 heterocycles. The first-order valence-electron chi connectivity index (χ1n) is 14.4. The van der Waals surface area contributed by atoms with Crippen molar-refractivity contribution in [3.63, 3.8) is 0 Å². The number of hydrogen-bond donors (Lipinski definition) is 0. The molecule has 40 heavy (non-hydrogen) atoms. The number of fused-ring (bicyclic) bond motifs is 3. The second kappa shape index (κ2) is 14.2. The van der Waals surface area contributed by atoms with Gasteiger partial charge in [-0.15, -0.1) is 46.2 Å². The van der Waals surface area contributed by atoms with Crippen molar-refractivity contribution in [2.24, 2.45) is 0 Å². The number of rotatable bonds is 5. The number of allylic oxidation sites excluding steroid dienone is 4. The third-order valence-electron chi connectivity index (χ3n) is 7.34. The normalized spacial score (nSPS) is 12.4. The Balaban J connectivity index is 0.000000146. The summed E-state index contributed by atoms with van der Waals surface area (Å²) in [4.78, 5) is 0. The fourth-order valence-electron chi connectivity index (χ4n) is 4.86. The van der Waals surface area contributed by atoms with Crippen LogP contribution in [-0.2, 0) is 37.1 Å². The van der Waals surface area contributed by atoms with E-state index in [1.165, 1.54) is 71.2 Å². The molecule has 5 aromatic carbocycles. The molecule has 0 saturated heterocycles. The summed E-state index contributed by atoms with van der Waals surface area (Å²) in [5, 5.41) is 7.10. The zero-order chi connectivity index (χ0) is 28.5. The monoisotopic (exact) mass is 614 g/mol. The Hall–Kier alpha value is -2.80. The van der Waals surface area contributed by atoms with Crippen LogP contribution in [0.1, 0.15) is 42.5 Å². The predicted octanol–water partition coefficient (Wildman–Crippen LogP) is 10.2. The summed E-state index contributed by atoms with van der Waals surface area (Å²) in [6, 6.07) is 37.1. The minimum atomic E-state index is -0.981. The van der Waals surface area contributed by atoms with Crippen LogP contribution in [0, 0.1) is 6.08 Å². The minimum absolute atomic E-state index is 0.981. The Kier molecular flexibility index (Phi) is 10.7. The Morgan fingerprint density at radius 2 is 1.20 bits per heavy atom. The molecule has 5 aromatic rings. The second-order valence-electron chi connectivity index (χ2n) is 11.3. The molecule has 0 nitrogen and oxygen atoms in total. The fourth-order valence-corrected chi connectivity index (χ4v) is 6.93. The summed E-state index contributed by atoms with van der Waals surface area (Å²) in [6.45, 7) is 11.5. The molecule has 0 aromatic heterocycles. The molecular weight excluding hydrogens is 576 g/mol. The summed E-state index contributed by atoms with van der Waals surface area (Å²) < 4.78 is 1.42. The van der Waals surface area contributed by atoms with Crippen LogP contribution in [0.4, 0.5) is 0 Å². The molecule has 0 amide bonds. The molecule has 0 atom stereocenters. The molecule has 6 rings (SSSR count). The van der Waals surface area contributed by atoms with Crippen LogP contribution in [0.15, 0.2) is 120 Å². The van der Waals surface area contributed by atoms with Crippen LogP contribution < -0.4 is 0 Å². The van der Waals surface area contributed by atoms with Crippen molar-refractivity contribution in [3.05, 3.63) is 149 Å². The first-order chi connectivity index (χ1) is 19.3. The number of benzene rings is 4. The molecule has 2 heteroatoms. The van der Waals surface area contributed by atoms with Gasteiger partial charge in [-0.05, 0) is 20.9 Å². The summed E-state index contributed by atoms with van der Waals surface area (Å²) in [5.41, 5.74) is 5.50. The quantitative estimate of drug-likeness (QED) is 0.136. The van der Waals surface area contributed by atoms with Gasteiger partial charge in [0.05, 0.1) is 0 Å². The molecule has 0 aliphatic heterocycles. The summed E-state index contributed by atoms with van der Waals surface area (Å²) in [5.74, 6) is 0. The van der Waals surface area contributed by atoms with Gasteiger partial charge in [-0.25, -0.2) is 11.3 Å². The zero-order valence-corrected chi connectivity index (χ0v) is 28.0. The topological polar surface area (TPSA) is 0 Å². The van der Waals surface area contributed by atoms with Gasteiger partial charge in [0.2, 0.25) is 0 Å². The first-order valence-corrected chi connectivity index (χ1v) is 19.1. The second-order valence-corrected chi connectivity index (χ2v) is 17.6. The predicted molar refractivity (Wildman–Crippen MR) is 176 cm³/mol. The van der Waals surface area contributed by atoms with Crippen LogP contribution in [0.5, 0.6) is 0 Å². The van der Waals surface area contributed by atoms with Crippen molar-refractivity contribution in [3.8, 4) is 0 Å². The molecule has 0 N–H and O–H groups in total. The summed E-state index contributed by atoms with van der Waals surface area (Å²) in [7, 11) is -0.981. The Bertz CT molecular complexity index is 1510. The molecule has 0 fully saturated rings. The summed E-state index contributed by atoms with van der Waals surface area (Å²) >= 11 is 1.46. The van der Waals surface area contributed by atoms with Crippen LogP contribution in [0.2, 0.25) is 19.6 Å². The van der Waals surface area contributed by atoms with Gasteiger partial charge in [0.1, 0.15) is 0 Å². The van der Waals surface area contributed by atoms with Crippen molar-refractivity contribution in [1.82, 2.24) is 0 Å². The van der Waals surface area contributed by atoms with E-state index in [0.717, 1.165) is 19.3 Å². The molecule has 0 saturated carbocycles. The Morgan fingerprint density at radius 3 is 1.55 bits per heavy atom. The third kappa shape index (κ3) is 7.90. The van der Waals surface area contributed by atoms with E-state index >= 15 is 0 Å². The van der Waals surface area contributed by atoms with Gasteiger partial charge in [0, 0.05) is 0 Å². The Morgan fingerprint density at radius 1 is 0.725 bits per heavy atom. The van der Waals surface area contributed by atoms with E-state index in [2.05, 4.69) is 155 Å². The first kappa shape index (κ1) is 30.2. The maximum absolute atomic E-state index is 3.20. The van der Waals surface area contributed by atoms with E-state index in [1.807, 2.05) is 0 Å². The van der Waals surface area contributed by atoms with Gasteiger partial charge < -0.3 is 0 Å². The van der Waals surface area contributed by atoms with E-state index in [0.29, 0.717) is 0 Å². The molecular formula is C38H40SiZr. The van der Waals surface area contributed by atoms with E-state index in [1.54, 1.807) is 5.20 Å². The van der Waals surface area contributed by atoms with E-state index < -0.39 is 8.07 Å². The van der Waals surface area contributed by atoms with E-state index in [9.17, 15) is 0 Å². The van der Waals surface area contributed by atoms with Gasteiger partial charge in [-0.2, -0.15) is 6.08 Å². The van der Waals surface area contributed by atoms with Gasteiger partial charge >= 0.3 is 99.2 Å². The fraction of sp³-hybridized carbons (Fsp3) is 0.211. The van der Waals surface area contributed by atoms with E-state index in [-0.39, 0.29) is 0 Å². The van der Waals surface area contributed by atoms with Gasteiger partial charge in [0.25, 0.3) is 0 Å². The molecule has 200 valence electrons. The third-order valence-corrected chi connectivity index (χ3v) is 10.8. The zero-order valence-electron chi connectivity index (χ0n) is 24.6.